The largest absolute Gasteiger partial charge is 0.344 e. The lowest BCUT2D eigenvalue weighted by Gasteiger charge is -2.34. The number of hydrogen-bond donors (Lipinski definition) is 2. The van der Waals surface area contributed by atoms with Crippen molar-refractivity contribution in [1.82, 2.24) is 19.6 Å². The van der Waals surface area contributed by atoms with Crippen molar-refractivity contribution in [3.05, 3.63) is 68.9 Å². The Labute approximate surface area is 211 Å². The molecule has 1 fully saturated rings. The van der Waals surface area contributed by atoms with Crippen molar-refractivity contribution < 1.29 is 4.79 Å². The first-order chi connectivity index (χ1) is 16.0. The van der Waals surface area contributed by atoms with E-state index in [-0.39, 0.29) is 6.03 Å². The molecule has 1 aliphatic rings. The van der Waals surface area contributed by atoms with Gasteiger partial charge in [0.1, 0.15) is 5.82 Å². The van der Waals surface area contributed by atoms with Crippen molar-refractivity contribution in [1.29, 1.82) is 0 Å². The zero-order valence-electron chi connectivity index (χ0n) is 17.7. The van der Waals surface area contributed by atoms with Crippen LogP contribution in [0.5, 0.6) is 0 Å². The van der Waals surface area contributed by atoms with Crippen LogP contribution in [0, 0.1) is 0 Å². The first kappa shape index (κ1) is 24.0. The number of halogens is 3. The van der Waals surface area contributed by atoms with Gasteiger partial charge in [0.25, 0.3) is 0 Å². The Morgan fingerprint density at radius 3 is 2.45 bits per heavy atom. The summed E-state index contributed by atoms with van der Waals surface area (Å²) in [5, 5.41) is 8.22. The SMILES string of the molecule is O=C(NCCN1CCN(c2nc(Cc3ccc(Cl)cc3)ns2)CC1)Nc1ccc(Cl)cc1Cl. The highest BCUT2D eigenvalue weighted by atomic mass is 35.5. The summed E-state index contributed by atoms with van der Waals surface area (Å²) in [7, 11) is 0. The second kappa shape index (κ2) is 11.4. The summed E-state index contributed by atoms with van der Waals surface area (Å²) in [4.78, 5) is 21.4. The van der Waals surface area contributed by atoms with E-state index >= 15 is 0 Å². The van der Waals surface area contributed by atoms with E-state index in [4.69, 9.17) is 39.8 Å². The van der Waals surface area contributed by atoms with Crippen LogP contribution in [0.3, 0.4) is 0 Å². The summed E-state index contributed by atoms with van der Waals surface area (Å²) >= 11 is 19.4. The van der Waals surface area contributed by atoms with Gasteiger partial charge in [0.2, 0.25) is 5.13 Å². The van der Waals surface area contributed by atoms with Crippen LogP contribution in [0.15, 0.2) is 42.5 Å². The summed E-state index contributed by atoms with van der Waals surface area (Å²) in [5.74, 6) is 0.829. The van der Waals surface area contributed by atoms with E-state index in [1.165, 1.54) is 11.5 Å². The van der Waals surface area contributed by atoms with Crippen LogP contribution in [-0.2, 0) is 6.42 Å². The van der Waals surface area contributed by atoms with E-state index in [1.807, 2.05) is 24.3 Å². The van der Waals surface area contributed by atoms with Crippen molar-refractivity contribution in [3.8, 4) is 0 Å². The zero-order valence-corrected chi connectivity index (χ0v) is 20.8. The molecule has 2 N–H and O–H groups in total. The van der Waals surface area contributed by atoms with Gasteiger partial charge >= 0.3 is 6.03 Å². The number of carbonyl (C=O) groups is 1. The van der Waals surface area contributed by atoms with E-state index in [1.54, 1.807) is 18.2 Å². The number of benzene rings is 2. The maximum Gasteiger partial charge on any atom is 0.319 e. The molecule has 2 heterocycles. The normalized spacial score (nSPS) is 14.3. The molecule has 2 aromatic carbocycles. The van der Waals surface area contributed by atoms with Gasteiger partial charge < -0.3 is 15.5 Å². The van der Waals surface area contributed by atoms with Gasteiger partial charge in [-0.25, -0.2) is 9.78 Å². The summed E-state index contributed by atoms with van der Waals surface area (Å²) in [6, 6.07) is 12.4. The Bertz CT molecular complexity index is 1090. The average Bonchev–Trinajstić information content (AvgIpc) is 3.26. The van der Waals surface area contributed by atoms with Gasteiger partial charge in [-0.2, -0.15) is 4.37 Å². The molecule has 33 heavy (non-hydrogen) atoms. The van der Waals surface area contributed by atoms with Crippen molar-refractivity contribution in [2.75, 3.05) is 49.5 Å². The van der Waals surface area contributed by atoms with Crippen LogP contribution >= 0.6 is 46.3 Å². The molecule has 11 heteroatoms. The lowest BCUT2D eigenvalue weighted by Crippen LogP contribution is -2.48. The highest BCUT2D eigenvalue weighted by Gasteiger charge is 2.20. The van der Waals surface area contributed by atoms with Crippen molar-refractivity contribution >= 4 is 63.2 Å². The van der Waals surface area contributed by atoms with Crippen LogP contribution in [0.2, 0.25) is 15.1 Å². The summed E-state index contributed by atoms with van der Waals surface area (Å²) in [6.45, 7) is 4.87. The van der Waals surface area contributed by atoms with Gasteiger partial charge in [-0.1, -0.05) is 46.9 Å². The number of urea groups is 1. The minimum absolute atomic E-state index is 0.292. The molecule has 174 valence electrons. The third-order valence-electron chi connectivity index (χ3n) is 5.27. The highest BCUT2D eigenvalue weighted by Crippen LogP contribution is 2.25. The molecule has 0 saturated carbocycles. The Morgan fingerprint density at radius 1 is 1.00 bits per heavy atom. The maximum atomic E-state index is 12.1. The third-order valence-corrected chi connectivity index (χ3v) is 6.88. The topological polar surface area (TPSA) is 73.4 Å². The van der Waals surface area contributed by atoms with Crippen LogP contribution in [0.4, 0.5) is 15.6 Å². The van der Waals surface area contributed by atoms with E-state index in [0.717, 1.165) is 54.3 Å². The van der Waals surface area contributed by atoms with Gasteiger partial charge in [0.05, 0.1) is 10.7 Å². The fourth-order valence-corrected chi connectivity index (χ4v) is 4.80. The van der Waals surface area contributed by atoms with E-state index < -0.39 is 0 Å². The number of amides is 2. The number of hydrogen-bond acceptors (Lipinski definition) is 6. The fourth-order valence-electron chi connectivity index (χ4n) is 3.48. The number of carbonyl (C=O) groups excluding carboxylic acids is 1. The minimum Gasteiger partial charge on any atom is -0.344 e. The molecule has 0 spiro atoms. The van der Waals surface area contributed by atoms with Crippen molar-refractivity contribution in [2.24, 2.45) is 0 Å². The van der Waals surface area contributed by atoms with Gasteiger partial charge in [-0.15, -0.1) is 0 Å². The second-order valence-corrected chi connectivity index (χ2v) is 9.64. The van der Waals surface area contributed by atoms with Crippen LogP contribution in [-0.4, -0.2) is 59.6 Å². The van der Waals surface area contributed by atoms with Crippen LogP contribution in [0.25, 0.3) is 0 Å². The number of aromatic nitrogens is 2. The van der Waals surface area contributed by atoms with Crippen molar-refractivity contribution in [3.63, 3.8) is 0 Å². The standard InChI is InChI=1S/C22H23Cl3N6OS/c23-16-3-1-15(2-4-16)13-20-28-22(33-29-20)31-11-9-30(10-12-31)8-7-26-21(32)27-19-6-5-17(24)14-18(19)25/h1-6,14H,7-13H2,(H2,26,27,32). The highest BCUT2D eigenvalue weighted by molar-refractivity contribution is 7.09. The molecule has 2 amide bonds. The molecular weight excluding hydrogens is 503 g/mol. The second-order valence-electron chi connectivity index (χ2n) is 7.63. The summed E-state index contributed by atoms with van der Waals surface area (Å²) < 4.78 is 4.51. The molecule has 4 rings (SSSR count). The molecule has 7 nitrogen and oxygen atoms in total. The number of rotatable bonds is 7. The monoisotopic (exact) mass is 524 g/mol. The van der Waals surface area contributed by atoms with Gasteiger partial charge in [0.15, 0.2) is 0 Å². The van der Waals surface area contributed by atoms with E-state index in [9.17, 15) is 4.79 Å². The predicted molar refractivity (Wildman–Crippen MR) is 136 cm³/mol. The molecular formula is C22H23Cl3N6OS. The number of piperazine rings is 1. The van der Waals surface area contributed by atoms with E-state index in [2.05, 4.69) is 24.8 Å². The van der Waals surface area contributed by atoms with Crippen LogP contribution < -0.4 is 15.5 Å². The van der Waals surface area contributed by atoms with Gasteiger partial charge in [0, 0.05) is 67.3 Å². The Kier molecular flexibility index (Phi) is 8.27. The first-order valence-corrected chi connectivity index (χ1v) is 12.4. The van der Waals surface area contributed by atoms with E-state index in [0.29, 0.717) is 28.7 Å². The number of anilines is 2. The summed E-state index contributed by atoms with van der Waals surface area (Å²) in [6.07, 6.45) is 0.697. The maximum absolute atomic E-state index is 12.1. The lowest BCUT2D eigenvalue weighted by molar-refractivity contribution is 0.240. The average molecular weight is 526 g/mol. The molecule has 1 aliphatic heterocycles. The molecule has 0 unspecified atom stereocenters. The van der Waals surface area contributed by atoms with Gasteiger partial charge in [-0.3, -0.25) is 4.90 Å². The lowest BCUT2D eigenvalue weighted by atomic mass is 10.1. The molecule has 0 aliphatic carbocycles. The Balaban J connectivity index is 1.17. The summed E-state index contributed by atoms with van der Waals surface area (Å²) in [5.41, 5.74) is 1.67. The van der Waals surface area contributed by atoms with Crippen LogP contribution in [0.1, 0.15) is 11.4 Å². The molecule has 0 bridgehead atoms. The first-order valence-electron chi connectivity index (χ1n) is 10.5. The molecule has 1 aromatic heterocycles. The zero-order chi connectivity index (χ0) is 23.2. The predicted octanol–water partition coefficient (Wildman–Crippen LogP) is 5.03. The van der Waals surface area contributed by atoms with Gasteiger partial charge in [-0.05, 0) is 35.9 Å². The third kappa shape index (κ3) is 6.94. The Hall–Kier alpha value is -2.10. The minimum atomic E-state index is -0.292. The molecule has 0 radical (unpaired) electrons. The molecule has 3 aromatic rings. The fraction of sp³-hybridized carbons (Fsp3) is 0.318. The smallest absolute Gasteiger partial charge is 0.319 e. The van der Waals surface area contributed by atoms with Crippen molar-refractivity contribution in [2.45, 2.75) is 6.42 Å². The number of nitrogens with one attached hydrogen (secondary N) is 2. The Morgan fingerprint density at radius 2 is 1.73 bits per heavy atom. The molecule has 0 atom stereocenters. The number of nitrogens with zero attached hydrogens (tertiary/aromatic N) is 4. The quantitative estimate of drug-likeness (QED) is 0.452. The molecule has 1 saturated heterocycles.